The van der Waals surface area contributed by atoms with Gasteiger partial charge in [0, 0.05) is 35.2 Å². The van der Waals surface area contributed by atoms with Gasteiger partial charge in [-0.05, 0) is 34.1 Å². The first-order valence-corrected chi connectivity index (χ1v) is 6.32. The molecule has 1 aromatic carbocycles. The topological polar surface area (TPSA) is 40.5 Å². The Balaban J connectivity index is 2.45. The summed E-state index contributed by atoms with van der Waals surface area (Å²) in [5.41, 5.74) is 1.61. The van der Waals surface area contributed by atoms with Gasteiger partial charge in [-0.15, -0.1) is 0 Å². The number of methoxy groups -OCH3 is 2. The number of fused-ring (bicyclic) bond motifs is 1. The van der Waals surface area contributed by atoms with E-state index in [9.17, 15) is 4.79 Å². The third-order valence-electron chi connectivity index (χ3n) is 2.79. The Bertz CT molecular complexity index is 577. The highest BCUT2D eigenvalue weighted by atomic mass is 79.9. The standard InChI is InChI=1S/C13H14BrNO3/c1-17-6-5-15-8-11(14)10-7-9(13(16)18-2)3-4-12(10)15/h3-4,7-8H,5-6H2,1-2H3. The highest BCUT2D eigenvalue weighted by Crippen LogP contribution is 2.27. The van der Waals surface area contributed by atoms with Crippen LogP contribution in [0.15, 0.2) is 28.9 Å². The van der Waals surface area contributed by atoms with Crippen molar-refractivity contribution in [3.8, 4) is 0 Å². The lowest BCUT2D eigenvalue weighted by atomic mass is 10.1. The number of hydrogen-bond acceptors (Lipinski definition) is 3. The van der Waals surface area contributed by atoms with Gasteiger partial charge in [-0.25, -0.2) is 4.79 Å². The molecular formula is C13H14BrNO3. The lowest BCUT2D eigenvalue weighted by Crippen LogP contribution is -2.03. The van der Waals surface area contributed by atoms with Crippen LogP contribution in [0.4, 0.5) is 0 Å². The highest BCUT2D eigenvalue weighted by Gasteiger charge is 2.11. The van der Waals surface area contributed by atoms with E-state index in [0.717, 1.165) is 21.9 Å². The lowest BCUT2D eigenvalue weighted by molar-refractivity contribution is 0.0601. The quantitative estimate of drug-likeness (QED) is 0.815. The number of aromatic nitrogens is 1. The van der Waals surface area contributed by atoms with Crippen molar-refractivity contribution in [1.29, 1.82) is 0 Å². The Morgan fingerprint density at radius 3 is 2.83 bits per heavy atom. The summed E-state index contributed by atoms with van der Waals surface area (Å²) >= 11 is 3.50. The normalized spacial score (nSPS) is 10.8. The predicted molar refractivity (Wildman–Crippen MR) is 72.9 cm³/mol. The van der Waals surface area contributed by atoms with E-state index in [1.54, 1.807) is 13.2 Å². The number of ether oxygens (including phenoxy) is 2. The second-order valence-electron chi connectivity index (χ2n) is 3.89. The van der Waals surface area contributed by atoms with Crippen molar-refractivity contribution in [2.45, 2.75) is 6.54 Å². The van der Waals surface area contributed by atoms with Crippen molar-refractivity contribution in [3.63, 3.8) is 0 Å². The van der Waals surface area contributed by atoms with Crippen molar-refractivity contribution in [3.05, 3.63) is 34.4 Å². The molecule has 0 aliphatic heterocycles. The Morgan fingerprint density at radius 1 is 1.39 bits per heavy atom. The van der Waals surface area contributed by atoms with Gasteiger partial charge in [-0.2, -0.15) is 0 Å². The summed E-state index contributed by atoms with van der Waals surface area (Å²) in [6, 6.07) is 5.51. The highest BCUT2D eigenvalue weighted by molar-refractivity contribution is 9.10. The van der Waals surface area contributed by atoms with Crippen molar-refractivity contribution in [2.24, 2.45) is 0 Å². The lowest BCUT2D eigenvalue weighted by Gasteiger charge is -2.04. The summed E-state index contributed by atoms with van der Waals surface area (Å²) in [5.74, 6) is -0.326. The number of carbonyl (C=O) groups excluding carboxylic acids is 1. The van der Waals surface area contributed by atoms with Gasteiger partial charge in [-0.3, -0.25) is 0 Å². The first kappa shape index (κ1) is 13.1. The Hall–Kier alpha value is -1.33. The summed E-state index contributed by atoms with van der Waals surface area (Å²) in [6.07, 6.45) is 1.99. The maximum Gasteiger partial charge on any atom is 0.337 e. The molecule has 4 nitrogen and oxygen atoms in total. The molecule has 1 aromatic heterocycles. The minimum Gasteiger partial charge on any atom is -0.465 e. The maximum absolute atomic E-state index is 11.5. The number of hydrogen-bond donors (Lipinski definition) is 0. The van der Waals surface area contributed by atoms with Crippen LogP contribution < -0.4 is 0 Å². The molecule has 2 aromatic rings. The molecule has 0 saturated carbocycles. The predicted octanol–water partition coefficient (Wildman–Crippen LogP) is 2.84. The zero-order valence-electron chi connectivity index (χ0n) is 10.3. The van der Waals surface area contributed by atoms with Gasteiger partial charge < -0.3 is 14.0 Å². The molecule has 18 heavy (non-hydrogen) atoms. The van der Waals surface area contributed by atoms with Gasteiger partial charge in [0.2, 0.25) is 0 Å². The zero-order chi connectivity index (χ0) is 13.1. The molecule has 0 atom stereocenters. The molecule has 0 amide bonds. The van der Waals surface area contributed by atoms with E-state index in [0.29, 0.717) is 12.2 Å². The van der Waals surface area contributed by atoms with E-state index in [1.165, 1.54) is 7.11 Å². The number of esters is 1. The molecule has 0 saturated heterocycles. The van der Waals surface area contributed by atoms with Gasteiger partial charge in [0.05, 0.1) is 19.3 Å². The fourth-order valence-corrected chi connectivity index (χ4v) is 2.44. The molecule has 96 valence electrons. The molecule has 5 heteroatoms. The van der Waals surface area contributed by atoms with Crippen LogP contribution in [0.25, 0.3) is 10.9 Å². The average molecular weight is 312 g/mol. The molecular weight excluding hydrogens is 298 g/mol. The number of rotatable bonds is 4. The molecule has 2 rings (SSSR count). The summed E-state index contributed by atoms with van der Waals surface area (Å²) in [5, 5.41) is 0.994. The molecule has 0 aliphatic rings. The van der Waals surface area contributed by atoms with Gasteiger partial charge >= 0.3 is 5.97 Å². The van der Waals surface area contributed by atoms with E-state index >= 15 is 0 Å². The summed E-state index contributed by atoms with van der Waals surface area (Å²) in [4.78, 5) is 11.5. The SMILES string of the molecule is COCCn1cc(Br)c2cc(C(=O)OC)ccc21. The molecule has 0 N–H and O–H groups in total. The summed E-state index contributed by atoms with van der Waals surface area (Å²) < 4.78 is 12.8. The minimum absolute atomic E-state index is 0.326. The molecule has 0 radical (unpaired) electrons. The van der Waals surface area contributed by atoms with E-state index in [-0.39, 0.29) is 5.97 Å². The van der Waals surface area contributed by atoms with Gasteiger partial charge in [0.1, 0.15) is 0 Å². The monoisotopic (exact) mass is 311 g/mol. The minimum atomic E-state index is -0.326. The number of benzene rings is 1. The molecule has 0 spiro atoms. The fraction of sp³-hybridized carbons (Fsp3) is 0.308. The number of halogens is 1. The van der Waals surface area contributed by atoms with Gasteiger partial charge in [0.15, 0.2) is 0 Å². The van der Waals surface area contributed by atoms with E-state index in [1.807, 2.05) is 18.3 Å². The summed E-state index contributed by atoms with van der Waals surface area (Å²) in [6.45, 7) is 1.42. The third-order valence-corrected chi connectivity index (χ3v) is 3.42. The van der Waals surface area contributed by atoms with Crippen molar-refractivity contribution in [2.75, 3.05) is 20.8 Å². The van der Waals surface area contributed by atoms with Crippen molar-refractivity contribution < 1.29 is 14.3 Å². The number of carbonyl (C=O) groups is 1. The maximum atomic E-state index is 11.5. The smallest absolute Gasteiger partial charge is 0.337 e. The second kappa shape index (κ2) is 5.54. The Morgan fingerprint density at radius 2 is 2.17 bits per heavy atom. The fourth-order valence-electron chi connectivity index (χ4n) is 1.87. The van der Waals surface area contributed by atoms with Crippen LogP contribution in [0, 0.1) is 0 Å². The molecule has 0 bridgehead atoms. The van der Waals surface area contributed by atoms with Gasteiger partial charge in [-0.1, -0.05) is 0 Å². The van der Waals surface area contributed by atoms with Crippen LogP contribution in [0.2, 0.25) is 0 Å². The Labute approximate surface area is 114 Å². The van der Waals surface area contributed by atoms with Crippen molar-refractivity contribution in [1.82, 2.24) is 4.57 Å². The molecule has 0 aliphatic carbocycles. The summed E-state index contributed by atoms with van der Waals surface area (Å²) in [7, 11) is 3.06. The van der Waals surface area contributed by atoms with Crippen LogP contribution in [-0.2, 0) is 16.0 Å². The molecule has 0 unspecified atom stereocenters. The second-order valence-corrected chi connectivity index (χ2v) is 4.74. The first-order valence-electron chi connectivity index (χ1n) is 5.53. The van der Waals surface area contributed by atoms with Crippen LogP contribution in [0.1, 0.15) is 10.4 Å². The number of nitrogens with zero attached hydrogens (tertiary/aromatic N) is 1. The zero-order valence-corrected chi connectivity index (χ0v) is 11.9. The van der Waals surface area contributed by atoms with E-state index in [4.69, 9.17) is 9.47 Å². The van der Waals surface area contributed by atoms with Crippen molar-refractivity contribution >= 4 is 32.8 Å². The van der Waals surface area contributed by atoms with Crippen LogP contribution >= 0.6 is 15.9 Å². The van der Waals surface area contributed by atoms with Crippen LogP contribution in [0.3, 0.4) is 0 Å². The average Bonchev–Trinajstić information content (AvgIpc) is 2.72. The van der Waals surface area contributed by atoms with E-state index < -0.39 is 0 Å². The van der Waals surface area contributed by atoms with E-state index in [2.05, 4.69) is 20.5 Å². The molecule has 1 heterocycles. The Kier molecular flexibility index (Phi) is 4.04. The largest absolute Gasteiger partial charge is 0.465 e. The first-order chi connectivity index (χ1) is 8.67. The molecule has 0 fully saturated rings. The van der Waals surface area contributed by atoms with Crippen LogP contribution in [0.5, 0.6) is 0 Å². The van der Waals surface area contributed by atoms with Gasteiger partial charge in [0.25, 0.3) is 0 Å². The third kappa shape index (κ3) is 2.42. The van der Waals surface area contributed by atoms with Crippen LogP contribution in [-0.4, -0.2) is 31.4 Å².